The molecule has 20 heavy (non-hydrogen) atoms. The smallest absolute Gasteiger partial charge is 0.421 e. The molecular weight excluding hydrogens is 258 g/mol. The molecule has 0 saturated heterocycles. The van der Waals surface area contributed by atoms with Crippen LogP contribution in [0.15, 0.2) is 43.0 Å². The Kier molecular flexibility index (Phi) is 3.00. The summed E-state index contributed by atoms with van der Waals surface area (Å²) in [5, 5.41) is 0. The van der Waals surface area contributed by atoms with Gasteiger partial charge in [-0.2, -0.15) is 0 Å². The fourth-order valence-corrected chi connectivity index (χ4v) is 1.78. The molecule has 0 radical (unpaired) electrons. The van der Waals surface area contributed by atoms with Crippen LogP contribution >= 0.6 is 0 Å². The highest BCUT2D eigenvalue weighted by molar-refractivity contribution is 5.88. The molecule has 0 aliphatic heterocycles. The lowest BCUT2D eigenvalue weighted by molar-refractivity contribution is 0.142. The van der Waals surface area contributed by atoms with Gasteiger partial charge in [0.2, 0.25) is 0 Å². The predicted molar refractivity (Wildman–Crippen MR) is 71.8 cm³/mol. The number of carbonyl (C=O) groups excluding carboxylic acids is 1. The van der Waals surface area contributed by atoms with Crippen LogP contribution in [-0.2, 0) is 11.3 Å². The van der Waals surface area contributed by atoms with Gasteiger partial charge in [-0.15, -0.1) is 0 Å². The zero-order valence-electron chi connectivity index (χ0n) is 10.4. The van der Waals surface area contributed by atoms with Crippen molar-refractivity contribution in [2.75, 3.05) is 5.73 Å². The number of anilines is 1. The lowest BCUT2D eigenvalue weighted by atomic mass is 10.2. The number of fused-ring (bicyclic) bond motifs is 1. The van der Waals surface area contributed by atoms with E-state index in [1.165, 1.54) is 17.2 Å². The van der Waals surface area contributed by atoms with Crippen molar-refractivity contribution in [3.8, 4) is 0 Å². The number of imidazole rings is 1. The maximum absolute atomic E-state index is 12.0. The standard InChI is InChI=1S/C13H11N5O2/c14-11-10-12(16-7-15-11)18(8-17-10)13(19)20-6-9-4-2-1-3-5-9/h1-5,7-8H,6H2,(H2,14,15,16). The molecular formula is C13H11N5O2. The first-order valence-corrected chi connectivity index (χ1v) is 5.90. The van der Waals surface area contributed by atoms with Crippen LogP contribution in [0.1, 0.15) is 5.56 Å². The van der Waals surface area contributed by atoms with E-state index in [-0.39, 0.29) is 12.4 Å². The fraction of sp³-hybridized carbons (Fsp3) is 0.0769. The molecule has 0 atom stereocenters. The Balaban J connectivity index is 1.81. The van der Waals surface area contributed by atoms with Crippen LogP contribution in [0.4, 0.5) is 10.6 Å². The molecule has 2 N–H and O–H groups in total. The van der Waals surface area contributed by atoms with Crippen molar-refractivity contribution in [1.29, 1.82) is 0 Å². The zero-order chi connectivity index (χ0) is 13.9. The number of nitrogens with zero attached hydrogens (tertiary/aromatic N) is 4. The summed E-state index contributed by atoms with van der Waals surface area (Å²) < 4.78 is 6.41. The van der Waals surface area contributed by atoms with Gasteiger partial charge in [0.05, 0.1) is 0 Å². The molecule has 0 amide bonds. The highest BCUT2D eigenvalue weighted by Gasteiger charge is 2.14. The molecule has 2 heterocycles. The van der Waals surface area contributed by atoms with Gasteiger partial charge in [0.15, 0.2) is 17.0 Å². The summed E-state index contributed by atoms with van der Waals surface area (Å²) in [4.78, 5) is 23.8. The van der Waals surface area contributed by atoms with E-state index in [4.69, 9.17) is 10.5 Å². The van der Waals surface area contributed by atoms with E-state index in [0.29, 0.717) is 11.2 Å². The average molecular weight is 269 g/mol. The number of aromatic nitrogens is 4. The van der Waals surface area contributed by atoms with Gasteiger partial charge in [-0.1, -0.05) is 30.3 Å². The quantitative estimate of drug-likeness (QED) is 0.759. The summed E-state index contributed by atoms with van der Waals surface area (Å²) in [6.07, 6.45) is 2.04. The highest BCUT2D eigenvalue weighted by Crippen LogP contribution is 2.14. The van der Waals surface area contributed by atoms with E-state index >= 15 is 0 Å². The van der Waals surface area contributed by atoms with Crippen molar-refractivity contribution >= 4 is 23.1 Å². The monoisotopic (exact) mass is 269 g/mol. The fourth-order valence-electron chi connectivity index (χ4n) is 1.78. The Labute approximate surface area is 114 Å². The Morgan fingerprint density at radius 1 is 1.20 bits per heavy atom. The minimum atomic E-state index is -0.561. The predicted octanol–water partition coefficient (Wildman–Crippen LogP) is 1.59. The molecule has 7 heteroatoms. The van der Waals surface area contributed by atoms with Crippen molar-refractivity contribution in [2.24, 2.45) is 0 Å². The van der Waals surface area contributed by atoms with Crippen molar-refractivity contribution in [1.82, 2.24) is 19.5 Å². The molecule has 7 nitrogen and oxygen atoms in total. The Bertz CT molecular complexity index is 754. The number of nitrogens with two attached hydrogens (primary N) is 1. The van der Waals surface area contributed by atoms with Gasteiger partial charge in [-0.3, -0.25) is 0 Å². The molecule has 0 fully saturated rings. The van der Waals surface area contributed by atoms with E-state index in [0.717, 1.165) is 5.56 Å². The summed E-state index contributed by atoms with van der Waals surface area (Å²) in [7, 11) is 0. The average Bonchev–Trinajstić information content (AvgIpc) is 2.91. The molecule has 0 aliphatic rings. The normalized spacial score (nSPS) is 10.6. The molecule has 1 aromatic carbocycles. The van der Waals surface area contributed by atoms with Crippen LogP contribution in [0.3, 0.4) is 0 Å². The number of hydrogen-bond acceptors (Lipinski definition) is 6. The number of rotatable bonds is 2. The zero-order valence-corrected chi connectivity index (χ0v) is 10.4. The topological polar surface area (TPSA) is 95.9 Å². The van der Waals surface area contributed by atoms with Crippen molar-refractivity contribution < 1.29 is 9.53 Å². The van der Waals surface area contributed by atoms with Crippen LogP contribution in [0.2, 0.25) is 0 Å². The third-order valence-corrected chi connectivity index (χ3v) is 2.76. The first-order chi connectivity index (χ1) is 9.75. The van der Waals surface area contributed by atoms with Crippen molar-refractivity contribution in [2.45, 2.75) is 6.61 Å². The minimum Gasteiger partial charge on any atom is -0.444 e. The maximum Gasteiger partial charge on any atom is 0.421 e. The molecule has 3 rings (SSSR count). The number of hydrogen-bond donors (Lipinski definition) is 1. The third kappa shape index (κ3) is 2.16. The Morgan fingerprint density at radius 2 is 2.00 bits per heavy atom. The summed E-state index contributed by atoms with van der Waals surface area (Å²) in [5.74, 6) is 0.226. The summed E-state index contributed by atoms with van der Waals surface area (Å²) >= 11 is 0. The Morgan fingerprint density at radius 3 is 2.80 bits per heavy atom. The molecule has 3 aromatic rings. The van der Waals surface area contributed by atoms with Gasteiger partial charge in [-0.05, 0) is 5.56 Å². The van der Waals surface area contributed by atoms with Crippen LogP contribution in [0, 0.1) is 0 Å². The molecule has 0 aliphatic carbocycles. The SMILES string of the molecule is Nc1ncnc2c1ncn2C(=O)OCc1ccccc1. The number of benzene rings is 1. The lowest BCUT2D eigenvalue weighted by Gasteiger charge is -2.05. The number of ether oxygens (including phenoxy) is 1. The van der Waals surface area contributed by atoms with Crippen LogP contribution in [0.25, 0.3) is 11.2 Å². The van der Waals surface area contributed by atoms with E-state index in [2.05, 4.69) is 15.0 Å². The summed E-state index contributed by atoms with van der Waals surface area (Å²) in [6.45, 7) is 0.180. The Hall–Kier alpha value is -2.96. The van der Waals surface area contributed by atoms with E-state index < -0.39 is 6.09 Å². The van der Waals surface area contributed by atoms with Gasteiger partial charge in [-0.25, -0.2) is 24.3 Å². The van der Waals surface area contributed by atoms with Crippen LogP contribution in [0.5, 0.6) is 0 Å². The van der Waals surface area contributed by atoms with Gasteiger partial charge >= 0.3 is 6.09 Å². The molecule has 2 aromatic heterocycles. The molecule has 0 saturated carbocycles. The molecule has 0 unspecified atom stereocenters. The summed E-state index contributed by atoms with van der Waals surface area (Å²) in [6, 6.07) is 9.40. The van der Waals surface area contributed by atoms with Gasteiger partial charge < -0.3 is 10.5 Å². The van der Waals surface area contributed by atoms with E-state index in [1.54, 1.807) is 0 Å². The maximum atomic E-state index is 12.0. The first-order valence-electron chi connectivity index (χ1n) is 5.90. The minimum absolute atomic E-state index is 0.180. The van der Waals surface area contributed by atoms with Crippen molar-refractivity contribution in [3.63, 3.8) is 0 Å². The van der Waals surface area contributed by atoms with E-state index in [1.807, 2.05) is 30.3 Å². The van der Waals surface area contributed by atoms with Gasteiger partial charge in [0, 0.05) is 0 Å². The van der Waals surface area contributed by atoms with Crippen molar-refractivity contribution in [3.05, 3.63) is 48.5 Å². The molecule has 100 valence electrons. The molecule has 0 bridgehead atoms. The van der Waals surface area contributed by atoms with E-state index in [9.17, 15) is 4.79 Å². The van der Waals surface area contributed by atoms with Crippen LogP contribution < -0.4 is 5.73 Å². The number of nitrogen functional groups attached to an aromatic ring is 1. The largest absolute Gasteiger partial charge is 0.444 e. The lowest BCUT2D eigenvalue weighted by Crippen LogP contribution is -2.13. The summed E-state index contributed by atoms with van der Waals surface area (Å²) in [5.41, 5.74) is 7.27. The second-order valence-corrected chi connectivity index (χ2v) is 4.09. The van der Waals surface area contributed by atoms with Crippen LogP contribution in [-0.4, -0.2) is 25.6 Å². The number of carbonyl (C=O) groups is 1. The van der Waals surface area contributed by atoms with Gasteiger partial charge in [0.25, 0.3) is 0 Å². The highest BCUT2D eigenvalue weighted by atomic mass is 16.5. The first kappa shape index (κ1) is 12.1. The van der Waals surface area contributed by atoms with Gasteiger partial charge in [0.1, 0.15) is 19.3 Å². The third-order valence-electron chi connectivity index (χ3n) is 2.76. The second-order valence-electron chi connectivity index (χ2n) is 4.09. The molecule has 0 spiro atoms. The second kappa shape index (κ2) is 4.96.